The van der Waals surface area contributed by atoms with Crippen molar-refractivity contribution in [1.82, 2.24) is 14.8 Å². The molecule has 1 aromatic carbocycles. The Labute approximate surface area is 119 Å². The Morgan fingerprint density at radius 3 is 2.84 bits per heavy atom. The Bertz CT molecular complexity index is 698. The van der Waals surface area contributed by atoms with Gasteiger partial charge in [-0.25, -0.2) is 9.89 Å². The first-order valence-corrected chi connectivity index (χ1v) is 6.76. The Kier molecular flexibility index (Phi) is 3.98. The molecule has 0 aliphatic rings. The van der Waals surface area contributed by atoms with Crippen LogP contribution in [0.3, 0.4) is 0 Å². The topological polar surface area (TPSA) is 74.5 Å². The van der Waals surface area contributed by atoms with E-state index in [1.54, 1.807) is 22.8 Å². The van der Waals surface area contributed by atoms with Crippen LogP contribution in [0.2, 0.25) is 5.02 Å². The number of halogens is 1. The summed E-state index contributed by atoms with van der Waals surface area (Å²) in [6.45, 7) is 3.82. The van der Waals surface area contributed by atoms with Gasteiger partial charge in [0.25, 0.3) is 0 Å². The first-order valence-electron chi connectivity index (χ1n) is 5.57. The van der Waals surface area contributed by atoms with E-state index < -0.39 is 0 Å². The summed E-state index contributed by atoms with van der Waals surface area (Å²) in [5, 5.41) is 16.2. The number of nitrogens with zero attached hydrogens (tertiary/aromatic N) is 3. The van der Waals surface area contributed by atoms with Gasteiger partial charge in [0.05, 0.1) is 10.6 Å². The summed E-state index contributed by atoms with van der Waals surface area (Å²) in [5.74, 6) is 0. The predicted octanol–water partition coefficient (Wildman–Crippen LogP) is 2.83. The Morgan fingerprint density at radius 2 is 2.26 bits per heavy atom. The largest absolute Gasteiger partial charge is 0.344 e. The summed E-state index contributed by atoms with van der Waals surface area (Å²) in [7, 11) is 0. The van der Waals surface area contributed by atoms with Gasteiger partial charge in [0.15, 0.2) is 5.16 Å². The number of hydrogen-bond donors (Lipinski definition) is 1. The molecule has 0 amide bonds. The molecule has 0 spiro atoms. The third-order valence-electron chi connectivity index (χ3n) is 2.46. The van der Waals surface area contributed by atoms with Gasteiger partial charge in [0.1, 0.15) is 6.07 Å². The van der Waals surface area contributed by atoms with Crippen molar-refractivity contribution in [2.24, 2.45) is 0 Å². The van der Waals surface area contributed by atoms with Gasteiger partial charge in [0.2, 0.25) is 0 Å². The van der Waals surface area contributed by atoms with Crippen LogP contribution in [0.15, 0.2) is 33.0 Å². The molecular weight excluding hydrogens is 284 g/mol. The second-order valence-corrected chi connectivity index (χ2v) is 5.58. The van der Waals surface area contributed by atoms with Gasteiger partial charge in [-0.15, -0.1) is 5.10 Å². The molecule has 0 saturated carbocycles. The second kappa shape index (κ2) is 5.51. The minimum absolute atomic E-state index is 0.0163. The number of rotatable bonds is 3. The number of nitrogens with one attached hydrogen (secondary N) is 1. The van der Waals surface area contributed by atoms with Crippen molar-refractivity contribution >= 4 is 23.4 Å². The molecule has 0 bridgehead atoms. The van der Waals surface area contributed by atoms with Crippen molar-refractivity contribution in [3.63, 3.8) is 0 Å². The lowest BCUT2D eigenvalue weighted by atomic mass is 10.2. The fourth-order valence-electron chi connectivity index (χ4n) is 1.57. The third-order valence-corrected chi connectivity index (χ3v) is 3.73. The van der Waals surface area contributed by atoms with E-state index in [9.17, 15) is 4.79 Å². The maximum atomic E-state index is 11.6. The van der Waals surface area contributed by atoms with Crippen LogP contribution in [0.5, 0.6) is 0 Å². The summed E-state index contributed by atoms with van der Waals surface area (Å²) >= 11 is 7.29. The molecule has 1 aromatic heterocycles. The first kappa shape index (κ1) is 13.7. The molecule has 2 aromatic rings. The molecule has 2 rings (SSSR count). The van der Waals surface area contributed by atoms with Crippen molar-refractivity contribution in [2.75, 3.05) is 0 Å². The molecule has 7 heteroatoms. The highest BCUT2D eigenvalue weighted by molar-refractivity contribution is 7.99. The third kappa shape index (κ3) is 2.83. The van der Waals surface area contributed by atoms with Gasteiger partial charge in [-0.05, 0) is 43.8 Å². The molecule has 0 radical (unpaired) electrons. The zero-order chi connectivity index (χ0) is 14.0. The SMILES string of the molecule is CC(C)n1c(Sc2ccc(C#N)c(Cl)c2)n[nH]c1=O. The average molecular weight is 295 g/mol. The van der Waals surface area contributed by atoms with E-state index in [4.69, 9.17) is 16.9 Å². The summed E-state index contributed by atoms with van der Waals surface area (Å²) < 4.78 is 1.57. The fraction of sp³-hybridized carbons (Fsp3) is 0.250. The molecule has 0 aliphatic heterocycles. The van der Waals surface area contributed by atoms with Crippen molar-refractivity contribution < 1.29 is 0 Å². The van der Waals surface area contributed by atoms with Crippen molar-refractivity contribution in [2.45, 2.75) is 29.9 Å². The zero-order valence-corrected chi connectivity index (χ0v) is 11.9. The highest BCUT2D eigenvalue weighted by atomic mass is 35.5. The molecule has 19 heavy (non-hydrogen) atoms. The number of benzene rings is 1. The predicted molar refractivity (Wildman–Crippen MR) is 73.5 cm³/mol. The number of aromatic nitrogens is 3. The number of H-pyrrole nitrogens is 1. The summed E-state index contributed by atoms with van der Waals surface area (Å²) in [4.78, 5) is 12.4. The van der Waals surface area contributed by atoms with E-state index in [1.165, 1.54) is 11.8 Å². The van der Waals surface area contributed by atoms with Gasteiger partial charge < -0.3 is 0 Å². The molecule has 5 nitrogen and oxygen atoms in total. The van der Waals surface area contributed by atoms with E-state index in [-0.39, 0.29) is 11.7 Å². The van der Waals surface area contributed by atoms with Crippen LogP contribution in [0, 0.1) is 11.3 Å². The first-order chi connectivity index (χ1) is 9.02. The minimum Gasteiger partial charge on any atom is -0.267 e. The van der Waals surface area contributed by atoms with Gasteiger partial charge >= 0.3 is 5.69 Å². The maximum Gasteiger partial charge on any atom is 0.344 e. The van der Waals surface area contributed by atoms with Crippen LogP contribution < -0.4 is 5.69 Å². The maximum absolute atomic E-state index is 11.6. The lowest BCUT2D eigenvalue weighted by molar-refractivity contribution is 0.534. The Balaban J connectivity index is 2.35. The van der Waals surface area contributed by atoms with Crippen molar-refractivity contribution in [1.29, 1.82) is 5.26 Å². The molecule has 0 saturated heterocycles. The van der Waals surface area contributed by atoms with Crippen molar-refractivity contribution in [3.8, 4) is 6.07 Å². The summed E-state index contributed by atoms with van der Waals surface area (Å²) in [6, 6.07) is 7.13. The quantitative estimate of drug-likeness (QED) is 0.944. The lowest BCUT2D eigenvalue weighted by Crippen LogP contribution is -2.19. The molecule has 0 atom stereocenters. The average Bonchev–Trinajstić information content (AvgIpc) is 2.70. The van der Waals surface area contributed by atoms with E-state index in [0.717, 1.165) is 4.90 Å². The molecule has 1 heterocycles. The highest BCUT2D eigenvalue weighted by Gasteiger charge is 2.13. The monoisotopic (exact) mass is 294 g/mol. The molecular formula is C12H11ClN4OS. The van der Waals surface area contributed by atoms with Gasteiger partial charge in [-0.2, -0.15) is 5.26 Å². The van der Waals surface area contributed by atoms with E-state index >= 15 is 0 Å². The fourth-order valence-corrected chi connectivity index (χ4v) is 2.87. The van der Waals surface area contributed by atoms with Gasteiger partial charge in [-0.1, -0.05) is 11.6 Å². The van der Waals surface area contributed by atoms with Crippen LogP contribution >= 0.6 is 23.4 Å². The summed E-state index contributed by atoms with van der Waals surface area (Å²) in [6.07, 6.45) is 0. The number of hydrogen-bond acceptors (Lipinski definition) is 4. The van der Waals surface area contributed by atoms with E-state index in [2.05, 4.69) is 10.2 Å². The van der Waals surface area contributed by atoms with Crippen LogP contribution in [-0.4, -0.2) is 14.8 Å². The van der Waals surface area contributed by atoms with Crippen LogP contribution in [-0.2, 0) is 0 Å². The van der Waals surface area contributed by atoms with E-state index in [1.807, 2.05) is 19.9 Å². The normalized spacial score (nSPS) is 10.7. The van der Waals surface area contributed by atoms with Crippen LogP contribution in [0.1, 0.15) is 25.5 Å². The van der Waals surface area contributed by atoms with Gasteiger partial charge in [-0.3, -0.25) is 4.57 Å². The Hall–Kier alpha value is -1.71. The number of nitriles is 1. The lowest BCUT2D eigenvalue weighted by Gasteiger charge is -2.08. The molecule has 0 unspecified atom stereocenters. The smallest absolute Gasteiger partial charge is 0.267 e. The minimum atomic E-state index is -0.239. The van der Waals surface area contributed by atoms with E-state index in [0.29, 0.717) is 15.7 Å². The molecule has 98 valence electrons. The van der Waals surface area contributed by atoms with Crippen molar-refractivity contribution in [3.05, 3.63) is 39.3 Å². The molecule has 0 aliphatic carbocycles. The van der Waals surface area contributed by atoms with Crippen LogP contribution in [0.4, 0.5) is 0 Å². The second-order valence-electron chi connectivity index (χ2n) is 4.13. The zero-order valence-electron chi connectivity index (χ0n) is 10.3. The molecule has 0 fully saturated rings. The number of aromatic amines is 1. The standard InChI is InChI=1S/C12H11ClN4OS/c1-7(2)17-11(18)15-16-12(17)19-9-4-3-8(6-14)10(13)5-9/h3-5,7H,1-2H3,(H,15,18). The van der Waals surface area contributed by atoms with Crippen LogP contribution in [0.25, 0.3) is 0 Å². The Morgan fingerprint density at radius 1 is 1.53 bits per heavy atom. The molecule has 1 N–H and O–H groups in total. The highest BCUT2D eigenvalue weighted by Crippen LogP contribution is 2.29. The summed E-state index contributed by atoms with van der Waals surface area (Å²) in [5.41, 5.74) is 0.187. The van der Waals surface area contributed by atoms with Gasteiger partial charge in [0, 0.05) is 10.9 Å².